The third kappa shape index (κ3) is 4.53. The van der Waals surface area contributed by atoms with E-state index in [-0.39, 0.29) is 6.03 Å². The third-order valence-corrected chi connectivity index (χ3v) is 4.67. The molecule has 3 rings (SSSR count). The van der Waals surface area contributed by atoms with Crippen molar-refractivity contribution in [3.8, 4) is 5.75 Å². The van der Waals surface area contributed by atoms with E-state index < -0.39 is 0 Å². The average Bonchev–Trinajstić information content (AvgIpc) is 2.99. The van der Waals surface area contributed by atoms with E-state index in [1.807, 2.05) is 37.1 Å². The summed E-state index contributed by atoms with van der Waals surface area (Å²) < 4.78 is 7.62. The van der Waals surface area contributed by atoms with Crippen LogP contribution in [0.5, 0.6) is 5.75 Å². The average molecular weight is 357 g/mol. The Labute approximate surface area is 154 Å². The number of rotatable bonds is 5. The molecule has 0 saturated carbocycles. The quantitative estimate of drug-likeness (QED) is 0.893. The van der Waals surface area contributed by atoms with Gasteiger partial charge in [-0.25, -0.2) is 4.79 Å². The molecular formula is C19H27N5O2. The van der Waals surface area contributed by atoms with Crippen molar-refractivity contribution in [1.29, 1.82) is 0 Å². The van der Waals surface area contributed by atoms with Gasteiger partial charge in [-0.15, -0.1) is 5.10 Å². The molecule has 0 aliphatic carbocycles. The Morgan fingerprint density at radius 1 is 1.42 bits per heavy atom. The first kappa shape index (κ1) is 18.2. The fraction of sp³-hybridized carbons (Fsp3) is 0.526. The number of carbonyl (C=O) groups excluding carboxylic acids is 1. The number of nitrogens with zero attached hydrogens (tertiary/aromatic N) is 4. The molecule has 1 aliphatic heterocycles. The van der Waals surface area contributed by atoms with Crippen LogP contribution >= 0.6 is 0 Å². The standard InChI is InChI=1S/C19H27N5O2/c1-4-17-20-18(22-23(17)3)21-19(25)24-10-6-8-15(12-24)13-26-16-9-5-7-14(2)11-16/h5,7,9,11,15H,4,6,8,10,12-13H2,1-3H3,(H,21,22,25). The van der Waals surface area contributed by atoms with Crippen molar-refractivity contribution in [2.45, 2.75) is 33.1 Å². The molecule has 1 N–H and O–H groups in total. The molecule has 2 aromatic rings. The predicted octanol–water partition coefficient (Wildman–Crippen LogP) is 3.01. The van der Waals surface area contributed by atoms with Crippen molar-refractivity contribution in [2.24, 2.45) is 13.0 Å². The Bertz CT molecular complexity index is 758. The molecule has 1 fully saturated rings. The van der Waals surface area contributed by atoms with Crippen molar-refractivity contribution >= 4 is 12.0 Å². The molecule has 26 heavy (non-hydrogen) atoms. The number of aromatic nitrogens is 3. The van der Waals surface area contributed by atoms with Gasteiger partial charge in [0.15, 0.2) is 0 Å². The summed E-state index contributed by atoms with van der Waals surface area (Å²) in [4.78, 5) is 18.7. The second kappa shape index (κ2) is 8.21. The largest absolute Gasteiger partial charge is 0.493 e. The van der Waals surface area contributed by atoms with Gasteiger partial charge in [-0.2, -0.15) is 4.98 Å². The van der Waals surface area contributed by atoms with Crippen LogP contribution in [0.1, 0.15) is 31.2 Å². The van der Waals surface area contributed by atoms with Crippen LogP contribution in [0.25, 0.3) is 0 Å². The van der Waals surface area contributed by atoms with Gasteiger partial charge in [0, 0.05) is 32.5 Å². The zero-order chi connectivity index (χ0) is 18.5. The molecular weight excluding hydrogens is 330 g/mol. The zero-order valence-electron chi connectivity index (χ0n) is 15.7. The van der Waals surface area contributed by atoms with E-state index in [2.05, 4.69) is 28.4 Å². The first-order valence-electron chi connectivity index (χ1n) is 9.20. The fourth-order valence-corrected chi connectivity index (χ4v) is 3.26. The van der Waals surface area contributed by atoms with Gasteiger partial charge < -0.3 is 9.64 Å². The topological polar surface area (TPSA) is 72.3 Å². The van der Waals surface area contributed by atoms with E-state index >= 15 is 0 Å². The first-order chi connectivity index (χ1) is 12.5. The van der Waals surface area contributed by atoms with Crippen molar-refractivity contribution in [3.05, 3.63) is 35.7 Å². The second-order valence-corrected chi connectivity index (χ2v) is 6.84. The van der Waals surface area contributed by atoms with Crippen LogP contribution in [0.3, 0.4) is 0 Å². The minimum Gasteiger partial charge on any atom is -0.493 e. The maximum absolute atomic E-state index is 12.5. The van der Waals surface area contributed by atoms with Crippen LogP contribution in [-0.2, 0) is 13.5 Å². The van der Waals surface area contributed by atoms with Gasteiger partial charge in [0.05, 0.1) is 6.61 Å². The molecule has 1 saturated heterocycles. The van der Waals surface area contributed by atoms with Crippen molar-refractivity contribution in [3.63, 3.8) is 0 Å². The van der Waals surface area contributed by atoms with Crippen molar-refractivity contribution in [1.82, 2.24) is 19.7 Å². The summed E-state index contributed by atoms with van der Waals surface area (Å²) in [6, 6.07) is 7.91. The monoisotopic (exact) mass is 357 g/mol. The van der Waals surface area contributed by atoms with Crippen LogP contribution in [0.15, 0.2) is 24.3 Å². The predicted molar refractivity (Wildman–Crippen MR) is 100 cm³/mol. The Balaban J connectivity index is 1.53. The highest BCUT2D eigenvalue weighted by Crippen LogP contribution is 2.20. The normalized spacial score (nSPS) is 17.2. The molecule has 1 aromatic heterocycles. The van der Waals surface area contributed by atoms with Gasteiger partial charge in [0.1, 0.15) is 11.6 Å². The van der Waals surface area contributed by atoms with Gasteiger partial charge in [-0.05, 0) is 37.5 Å². The summed E-state index contributed by atoms with van der Waals surface area (Å²) in [5.41, 5.74) is 1.18. The lowest BCUT2D eigenvalue weighted by Crippen LogP contribution is -2.43. The summed E-state index contributed by atoms with van der Waals surface area (Å²) in [5, 5.41) is 7.05. The third-order valence-electron chi connectivity index (χ3n) is 4.67. The van der Waals surface area contributed by atoms with E-state index in [0.29, 0.717) is 25.0 Å². The maximum atomic E-state index is 12.5. The van der Waals surface area contributed by atoms with Gasteiger partial charge in [0.25, 0.3) is 0 Å². The lowest BCUT2D eigenvalue weighted by molar-refractivity contribution is 0.145. The molecule has 0 bridgehead atoms. The fourth-order valence-electron chi connectivity index (χ4n) is 3.26. The van der Waals surface area contributed by atoms with Gasteiger partial charge in [-0.3, -0.25) is 10.00 Å². The smallest absolute Gasteiger partial charge is 0.324 e. The number of piperidine rings is 1. The number of hydrogen-bond acceptors (Lipinski definition) is 4. The molecule has 1 unspecified atom stereocenters. The van der Waals surface area contributed by atoms with E-state index in [1.54, 1.807) is 4.68 Å². The van der Waals surface area contributed by atoms with Crippen molar-refractivity contribution < 1.29 is 9.53 Å². The SMILES string of the molecule is CCc1nc(NC(=O)N2CCCC(COc3cccc(C)c3)C2)nn1C. The molecule has 1 aromatic carbocycles. The summed E-state index contributed by atoms with van der Waals surface area (Å²) in [7, 11) is 1.83. The number of carbonyl (C=O) groups is 1. The lowest BCUT2D eigenvalue weighted by atomic mass is 9.99. The zero-order valence-corrected chi connectivity index (χ0v) is 15.7. The highest BCUT2D eigenvalue weighted by molar-refractivity contribution is 5.87. The van der Waals surface area contributed by atoms with E-state index in [9.17, 15) is 4.79 Å². The number of likely N-dealkylation sites (tertiary alicyclic amines) is 1. The number of ether oxygens (including phenoxy) is 1. The van der Waals surface area contributed by atoms with E-state index in [4.69, 9.17) is 4.74 Å². The second-order valence-electron chi connectivity index (χ2n) is 6.84. The molecule has 1 aliphatic rings. The molecule has 0 spiro atoms. The lowest BCUT2D eigenvalue weighted by Gasteiger charge is -2.32. The number of hydrogen-bond donors (Lipinski definition) is 1. The van der Waals surface area contributed by atoms with E-state index in [1.165, 1.54) is 5.56 Å². The summed E-state index contributed by atoms with van der Waals surface area (Å²) in [5.74, 6) is 2.44. The number of aryl methyl sites for hydroxylation is 3. The number of urea groups is 1. The highest BCUT2D eigenvalue weighted by Gasteiger charge is 2.25. The molecule has 7 nitrogen and oxygen atoms in total. The Morgan fingerprint density at radius 2 is 2.27 bits per heavy atom. The van der Waals surface area contributed by atoms with Crippen molar-refractivity contribution in [2.75, 3.05) is 25.0 Å². The summed E-state index contributed by atoms with van der Waals surface area (Å²) in [6.07, 6.45) is 2.82. The Hall–Kier alpha value is -2.57. The van der Waals surface area contributed by atoms with Crippen LogP contribution in [0, 0.1) is 12.8 Å². The summed E-state index contributed by atoms with van der Waals surface area (Å²) >= 11 is 0. The molecule has 1 atom stereocenters. The molecule has 0 radical (unpaired) electrons. The van der Waals surface area contributed by atoms with Gasteiger partial charge in [-0.1, -0.05) is 19.1 Å². The maximum Gasteiger partial charge on any atom is 0.324 e. The number of benzene rings is 1. The minimum atomic E-state index is -0.140. The number of amides is 2. The minimum absolute atomic E-state index is 0.140. The number of nitrogens with one attached hydrogen (secondary N) is 1. The molecule has 2 heterocycles. The first-order valence-corrected chi connectivity index (χ1v) is 9.20. The summed E-state index contributed by atoms with van der Waals surface area (Å²) in [6.45, 7) is 6.12. The molecule has 140 valence electrons. The number of anilines is 1. The Morgan fingerprint density at radius 3 is 3.00 bits per heavy atom. The Kier molecular flexibility index (Phi) is 5.75. The van der Waals surface area contributed by atoms with Gasteiger partial charge >= 0.3 is 6.03 Å². The molecule has 7 heteroatoms. The van der Waals surface area contributed by atoms with Crippen LogP contribution in [0.4, 0.5) is 10.7 Å². The van der Waals surface area contributed by atoms with E-state index in [0.717, 1.165) is 37.4 Å². The highest BCUT2D eigenvalue weighted by atomic mass is 16.5. The van der Waals surface area contributed by atoms with Gasteiger partial charge in [0.2, 0.25) is 5.95 Å². The van der Waals surface area contributed by atoms with Crippen LogP contribution < -0.4 is 10.1 Å². The van der Waals surface area contributed by atoms with Crippen LogP contribution in [0.2, 0.25) is 0 Å². The van der Waals surface area contributed by atoms with Crippen LogP contribution in [-0.4, -0.2) is 45.4 Å². The molecule has 2 amide bonds.